The number of hydrogen-bond acceptors (Lipinski definition) is 4. The van der Waals surface area contributed by atoms with Gasteiger partial charge in [-0.25, -0.2) is 4.98 Å². The van der Waals surface area contributed by atoms with Gasteiger partial charge >= 0.3 is 20.4 Å². The zero-order chi connectivity index (χ0) is 38.3. The fraction of sp³-hybridized carbons (Fsp3) is 0.347. The van der Waals surface area contributed by atoms with Crippen LogP contribution in [0.4, 0.5) is 0 Å². The van der Waals surface area contributed by atoms with Crippen LogP contribution in [0, 0.1) is 12.1 Å². The van der Waals surface area contributed by atoms with E-state index < -0.39 is 0 Å². The van der Waals surface area contributed by atoms with Crippen molar-refractivity contribution >= 4 is 21.8 Å². The molecule has 0 aliphatic heterocycles. The van der Waals surface area contributed by atoms with Crippen molar-refractivity contribution in [2.24, 2.45) is 0 Å². The Hall–Kier alpha value is -4.70. The quantitative estimate of drug-likeness (QED) is 0.0521. The minimum Gasteiger partial charge on any atom is -0.522 e. The van der Waals surface area contributed by atoms with Crippen LogP contribution in [-0.4, -0.2) is 26.4 Å². The van der Waals surface area contributed by atoms with Crippen LogP contribution < -0.4 is 9.47 Å². The third-order valence-corrected chi connectivity index (χ3v) is 10.5. The van der Waals surface area contributed by atoms with Gasteiger partial charge in [-0.3, -0.25) is 4.68 Å². The van der Waals surface area contributed by atoms with E-state index >= 15 is 0 Å². The normalized spacial score (nSPS) is 11.4. The number of benzene rings is 4. The Morgan fingerprint density at radius 2 is 1.52 bits per heavy atom. The van der Waals surface area contributed by atoms with Crippen molar-refractivity contribution < 1.29 is 29.9 Å². The molecule has 0 aliphatic rings. The Morgan fingerprint density at radius 3 is 2.27 bits per heavy atom. The van der Waals surface area contributed by atoms with Crippen molar-refractivity contribution in [2.75, 3.05) is 7.11 Å². The SMILES string of the molecule is CCCCCCCc1c(-c2ccc(CCC)cc2)c(CCC)nn1-c1[c-]c(Oc2[c-]c3c(cc2)c2ccccc2n3-c2cc(C(C)C)ccn2)cc(OC)c1.[Pd+2]. The molecule has 7 heteroatoms. The molecule has 0 amide bonds. The average molecular weight is 837 g/mol. The van der Waals surface area contributed by atoms with Crippen molar-refractivity contribution in [1.82, 2.24) is 19.3 Å². The van der Waals surface area contributed by atoms with Crippen LogP contribution in [0.15, 0.2) is 91.1 Å². The molecule has 56 heavy (non-hydrogen) atoms. The van der Waals surface area contributed by atoms with E-state index in [1.165, 1.54) is 53.6 Å². The predicted octanol–water partition coefficient (Wildman–Crippen LogP) is 13.0. The molecule has 292 valence electrons. The summed E-state index contributed by atoms with van der Waals surface area (Å²) in [6.07, 6.45) is 13.0. The van der Waals surface area contributed by atoms with Crippen LogP contribution in [0.3, 0.4) is 0 Å². The first-order chi connectivity index (χ1) is 26.9. The molecule has 0 bridgehead atoms. The summed E-state index contributed by atoms with van der Waals surface area (Å²) in [6, 6.07) is 37.1. The number of ether oxygens (including phenoxy) is 2. The van der Waals surface area contributed by atoms with Crippen LogP contribution in [0.5, 0.6) is 17.2 Å². The van der Waals surface area contributed by atoms with E-state index in [1.54, 1.807) is 7.11 Å². The Kier molecular flexibility index (Phi) is 13.9. The maximum absolute atomic E-state index is 6.64. The second-order valence-electron chi connectivity index (χ2n) is 15.0. The number of nitrogens with zero attached hydrogens (tertiary/aromatic N) is 4. The summed E-state index contributed by atoms with van der Waals surface area (Å²) < 4.78 is 16.8. The summed E-state index contributed by atoms with van der Waals surface area (Å²) in [5.74, 6) is 3.05. The molecule has 0 radical (unpaired) electrons. The van der Waals surface area contributed by atoms with E-state index in [1.807, 2.05) is 24.4 Å². The third-order valence-electron chi connectivity index (χ3n) is 10.5. The Bertz CT molecular complexity index is 2370. The molecule has 0 fully saturated rings. The Balaban J connectivity index is 0.00000532. The topological polar surface area (TPSA) is 54.1 Å². The van der Waals surface area contributed by atoms with Crippen molar-refractivity contribution in [3.8, 4) is 39.9 Å². The second kappa shape index (κ2) is 19.0. The number of rotatable bonds is 17. The molecule has 7 rings (SSSR count). The van der Waals surface area contributed by atoms with Gasteiger partial charge in [0.05, 0.1) is 12.8 Å². The molecule has 0 atom stereocenters. The van der Waals surface area contributed by atoms with E-state index in [0.717, 1.165) is 77.5 Å². The van der Waals surface area contributed by atoms with Gasteiger partial charge in [0.1, 0.15) is 5.82 Å². The predicted molar refractivity (Wildman–Crippen MR) is 226 cm³/mol. The summed E-state index contributed by atoms with van der Waals surface area (Å²) >= 11 is 0. The minimum atomic E-state index is 0. The van der Waals surface area contributed by atoms with Crippen molar-refractivity contribution in [2.45, 2.75) is 105 Å². The molecule has 0 spiro atoms. The molecule has 0 unspecified atom stereocenters. The van der Waals surface area contributed by atoms with Crippen molar-refractivity contribution in [1.29, 1.82) is 0 Å². The monoisotopic (exact) mass is 836 g/mol. The summed E-state index contributed by atoms with van der Waals surface area (Å²) in [5, 5.41) is 7.57. The number of para-hydroxylation sites is 1. The van der Waals surface area contributed by atoms with Gasteiger partial charge in [0.15, 0.2) is 0 Å². The first kappa shape index (κ1) is 41.0. The number of aromatic nitrogens is 4. The zero-order valence-electron chi connectivity index (χ0n) is 33.7. The molecule has 7 aromatic rings. The molecule has 6 nitrogen and oxygen atoms in total. The summed E-state index contributed by atoms with van der Waals surface area (Å²) in [5.41, 5.74) is 10.2. The van der Waals surface area contributed by atoms with Crippen molar-refractivity contribution in [3.63, 3.8) is 0 Å². The minimum absolute atomic E-state index is 0. The number of fused-ring (bicyclic) bond motifs is 3. The average Bonchev–Trinajstić information content (AvgIpc) is 3.73. The standard InChI is InChI=1S/C49H54N4O2.Pd/c1-7-10-11-12-13-20-46-49(36-23-21-35(16-8-2)22-24-36)44(17-9-3)51-53(46)38-30-40(54-6)32-41(31-38)55-39-25-26-43-42-18-14-15-19-45(42)52(47(43)33-39)48-29-37(34(4)5)27-28-50-48;/h14-15,18-19,21-30,32,34H,7-13,16-17,20H2,1-6H3;/q-2;+2. The Morgan fingerprint density at radius 1 is 0.732 bits per heavy atom. The largest absolute Gasteiger partial charge is 2.00 e. The van der Waals surface area contributed by atoms with Crippen LogP contribution in [0.1, 0.15) is 108 Å². The smallest absolute Gasteiger partial charge is 0.522 e. The third kappa shape index (κ3) is 8.80. The summed E-state index contributed by atoms with van der Waals surface area (Å²) in [6.45, 7) is 11.1. The molecule has 0 aliphatic carbocycles. The summed E-state index contributed by atoms with van der Waals surface area (Å²) in [7, 11) is 1.70. The molecule has 0 saturated carbocycles. The molecule has 4 aromatic carbocycles. The number of aryl methyl sites for hydroxylation is 2. The molecular formula is C49H54N4O2Pd. The van der Waals surface area contributed by atoms with E-state index in [0.29, 0.717) is 23.2 Å². The van der Waals surface area contributed by atoms with Gasteiger partial charge in [-0.05, 0) is 77.6 Å². The number of pyridine rings is 1. The van der Waals surface area contributed by atoms with Crippen LogP contribution in [0.2, 0.25) is 0 Å². The van der Waals surface area contributed by atoms with Gasteiger partial charge in [0, 0.05) is 40.2 Å². The number of methoxy groups -OCH3 is 1. The van der Waals surface area contributed by atoms with Crippen LogP contribution >= 0.6 is 0 Å². The van der Waals surface area contributed by atoms with E-state index in [2.05, 4.69) is 123 Å². The number of unbranched alkanes of at least 4 members (excludes halogenated alkanes) is 4. The maximum Gasteiger partial charge on any atom is 2.00 e. The molecular weight excluding hydrogens is 783 g/mol. The zero-order valence-corrected chi connectivity index (χ0v) is 35.3. The van der Waals surface area contributed by atoms with Gasteiger partial charge in [-0.1, -0.05) is 127 Å². The Labute approximate surface area is 346 Å². The van der Waals surface area contributed by atoms with E-state index in [-0.39, 0.29) is 20.4 Å². The van der Waals surface area contributed by atoms with Gasteiger partial charge in [0.2, 0.25) is 0 Å². The molecule has 0 saturated heterocycles. The van der Waals surface area contributed by atoms with Crippen LogP contribution in [0.25, 0.3) is 44.4 Å². The van der Waals surface area contributed by atoms with Gasteiger partial charge < -0.3 is 14.0 Å². The van der Waals surface area contributed by atoms with E-state index in [4.69, 9.17) is 19.6 Å². The fourth-order valence-electron chi connectivity index (χ4n) is 7.70. The maximum atomic E-state index is 6.64. The second-order valence-corrected chi connectivity index (χ2v) is 15.0. The van der Waals surface area contributed by atoms with Gasteiger partial charge in [0.25, 0.3) is 0 Å². The van der Waals surface area contributed by atoms with E-state index in [9.17, 15) is 0 Å². The van der Waals surface area contributed by atoms with Crippen molar-refractivity contribution in [3.05, 3.63) is 126 Å². The first-order valence-corrected chi connectivity index (χ1v) is 20.3. The van der Waals surface area contributed by atoms with Crippen LogP contribution in [-0.2, 0) is 39.7 Å². The first-order valence-electron chi connectivity index (χ1n) is 20.3. The molecule has 3 aromatic heterocycles. The fourth-order valence-corrected chi connectivity index (χ4v) is 7.70. The van der Waals surface area contributed by atoms with Gasteiger partial charge in [-0.15, -0.1) is 29.7 Å². The number of hydrogen-bond donors (Lipinski definition) is 0. The summed E-state index contributed by atoms with van der Waals surface area (Å²) in [4.78, 5) is 4.82. The van der Waals surface area contributed by atoms with Gasteiger partial charge in [-0.2, -0.15) is 11.2 Å². The molecule has 0 N–H and O–H groups in total. The molecule has 3 heterocycles.